The van der Waals surface area contributed by atoms with Crippen LogP contribution in [0, 0.1) is 17.3 Å². The van der Waals surface area contributed by atoms with Crippen LogP contribution in [0.4, 0.5) is 0 Å². The molecule has 0 aromatic rings. The number of carbonyl (C=O) groups is 1. The molecule has 14 heavy (non-hydrogen) atoms. The standard InChI is InChI=1S/C12H23NO/c1-8(13-5)6-10-11(7-9(2)14)12(10,3)4/h8,10-11,13H,6-7H2,1-5H3. The predicted molar refractivity (Wildman–Crippen MR) is 59.2 cm³/mol. The van der Waals surface area contributed by atoms with Crippen molar-refractivity contribution in [1.82, 2.24) is 5.32 Å². The predicted octanol–water partition coefficient (Wildman–Crippen LogP) is 2.24. The second-order valence-electron chi connectivity index (χ2n) is 5.37. The lowest BCUT2D eigenvalue weighted by molar-refractivity contribution is -0.117. The van der Waals surface area contributed by atoms with Crippen molar-refractivity contribution in [2.24, 2.45) is 17.3 Å². The van der Waals surface area contributed by atoms with Crippen LogP contribution in [0.15, 0.2) is 0 Å². The second kappa shape index (κ2) is 4.01. The molecule has 1 N–H and O–H groups in total. The van der Waals surface area contributed by atoms with Crippen molar-refractivity contribution in [3.05, 3.63) is 0 Å². The minimum absolute atomic E-state index is 0.336. The first kappa shape index (κ1) is 11.7. The van der Waals surface area contributed by atoms with Crippen molar-refractivity contribution in [2.75, 3.05) is 7.05 Å². The van der Waals surface area contributed by atoms with Gasteiger partial charge in [-0.1, -0.05) is 13.8 Å². The molecule has 0 heterocycles. The Hall–Kier alpha value is -0.370. The van der Waals surface area contributed by atoms with Gasteiger partial charge < -0.3 is 10.1 Å². The fourth-order valence-corrected chi connectivity index (χ4v) is 2.54. The molecule has 1 saturated carbocycles. The molecule has 1 rings (SSSR count). The Morgan fingerprint density at radius 1 is 1.43 bits per heavy atom. The molecule has 0 saturated heterocycles. The average Bonchev–Trinajstić information content (AvgIpc) is 2.55. The Balaban J connectivity index is 2.44. The lowest BCUT2D eigenvalue weighted by Gasteiger charge is -2.10. The molecular weight excluding hydrogens is 174 g/mol. The van der Waals surface area contributed by atoms with Crippen molar-refractivity contribution < 1.29 is 4.79 Å². The maximum atomic E-state index is 11.1. The van der Waals surface area contributed by atoms with E-state index < -0.39 is 0 Å². The molecule has 0 spiro atoms. The molecule has 0 aliphatic heterocycles. The Morgan fingerprint density at radius 2 is 2.00 bits per heavy atom. The maximum absolute atomic E-state index is 11.1. The highest BCUT2D eigenvalue weighted by Crippen LogP contribution is 2.61. The largest absolute Gasteiger partial charge is 0.317 e. The van der Waals surface area contributed by atoms with Crippen LogP contribution in [0.2, 0.25) is 0 Å². The van der Waals surface area contributed by atoms with Crippen LogP contribution in [0.5, 0.6) is 0 Å². The SMILES string of the molecule is CNC(C)CC1C(CC(C)=O)C1(C)C. The molecule has 3 atom stereocenters. The van der Waals surface area contributed by atoms with E-state index in [9.17, 15) is 4.79 Å². The van der Waals surface area contributed by atoms with Crippen LogP contribution in [-0.4, -0.2) is 18.9 Å². The van der Waals surface area contributed by atoms with E-state index in [2.05, 4.69) is 26.1 Å². The zero-order chi connectivity index (χ0) is 10.9. The molecule has 82 valence electrons. The van der Waals surface area contributed by atoms with Gasteiger partial charge in [-0.3, -0.25) is 0 Å². The molecule has 0 aromatic heterocycles. The smallest absolute Gasteiger partial charge is 0.130 e. The zero-order valence-electron chi connectivity index (χ0n) is 10.1. The highest BCUT2D eigenvalue weighted by molar-refractivity contribution is 5.76. The summed E-state index contributed by atoms with van der Waals surface area (Å²) < 4.78 is 0. The molecule has 0 amide bonds. The average molecular weight is 197 g/mol. The Bertz CT molecular complexity index is 222. The third kappa shape index (κ3) is 2.35. The van der Waals surface area contributed by atoms with Gasteiger partial charge in [0.1, 0.15) is 5.78 Å². The second-order valence-corrected chi connectivity index (χ2v) is 5.37. The number of ketones is 1. The van der Waals surface area contributed by atoms with Crippen LogP contribution in [-0.2, 0) is 4.79 Å². The summed E-state index contributed by atoms with van der Waals surface area (Å²) in [7, 11) is 2.00. The molecule has 1 aliphatic carbocycles. The van der Waals surface area contributed by atoms with Crippen LogP contribution >= 0.6 is 0 Å². The minimum atomic E-state index is 0.336. The van der Waals surface area contributed by atoms with Crippen LogP contribution in [0.1, 0.15) is 40.5 Å². The molecule has 1 fully saturated rings. The van der Waals surface area contributed by atoms with Gasteiger partial charge in [0, 0.05) is 12.5 Å². The fraction of sp³-hybridized carbons (Fsp3) is 0.917. The highest BCUT2D eigenvalue weighted by atomic mass is 16.1. The van der Waals surface area contributed by atoms with Crippen molar-refractivity contribution in [1.29, 1.82) is 0 Å². The first-order valence-corrected chi connectivity index (χ1v) is 5.56. The lowest BCUT2D eigenvalue weighted by atomic mass is 10.0. The van der Waals surface area contributed by atoms with Gasteiger partial charge in [0.15, 0.2) is 0 Å². The van der Waals surface area contributed by atoms with Gasteiger partial charge in [0.05, 0.1) is 0 Å². The van der Waals surface area contributed by atoms with E-state index in [4.69, 9.17) is 0 Å². The maximum Gasteiger partial charge on any atom is 0.130 e. The summed E-state index contributed by atoms with van der Waals surface area (Å²) in [5, 5.41) is 3.26. The first-order valence-electron chi connectivity index (χ1n) is 5.56. The van der Waals surface area contributed by atoms with Crippen molar-refractivity contribution in [3.63, 3.8) is 0 Å². The van der Waals surface area contributed by atoms with Gasteiger partial charge in [-0.15, -0.1) is 0 Å². The quantitative estimate of drug-likeness (QED) is 0.732. The molecular formula is C12H23NO. The summed E-state index contributed by atoms with van der Waals surface area (Å²) in [5.41, 5.74) is 0.386. The lowest BCUT2D eigenvalue weighted by Crippen LogP contribution is -2.22. The third-order valence-electron chi connectivity index (χ3n) is 3.90. The molecule has 2 heteroatoms. The van der Waals surface area contributed by atoms with E-state index in [0.29, 0.717) is 23.2 Å². The van der Waals surface area contributed by atoms with Crippen molar-refractivity contribution in [2.45, 2.75) is 46.6 Å². The Morgan fingerprint density at radius 3 is 2.43 bits per heavy atom. The Labute approximate surface area is 87.5 Å². The number of Topliss-reactive ketones (excluding diaryl/α,β-unsaturated/α-hetero) is 1. The van der Waals surface area contributed by atoms with Crippen molar-refractivity contribution >= 4 is 5.78 Å². The molecule has 0 bridgehead atoms. The van der Waals surface area contributed by atoms with E-state index in [0.717, 1.165) is 12.3 Å². The van der Waals surface area contributed by atoms with E-state index in [1.165, 1.54) is 6.42 Å². The summed E-state index contributed by atoms with van der Waals surface area (Å²) >= 11 is 0. The minimum Gasteiger partial charge on any atom is -0.317 e. The highest BCUT2D eigenvalue weighted by Gasteiger charge is 2.57. The summed E-state index contributed by atoms with van der Waals surface area (Å²) in [4.78, 5) is 11.1. The summed E-state index contributed by atoms with van der Waals surface area (Å²) in [6.07, 6.45) is 1.97. The number of carbonyl (C=O) groups excluding carboxylic acids is 1. The van der Waals surface area contributed by atoms with Crippen LogP contribution in [0.3, 0.4) is 0 Å². The summed E-state index contributed by atoms with van der Waals surface area (Å²) in [5.74, 6) is 1.69. The third-order valence-corrected chi connectivity index (χ3v) is 3.90. The molecule has 2 nitrogen and oxygen atoms in total. The molecule has 3 unspecified atom stereocenters. The van der Waals surface area contributed by atoms with E-state index in [1.807, 2.05) is 7.05 Å². The summed E-state index contributed by atoms with van der Waals surface area (Å²) in [6, 6.07) is 0.566. The molecule has 0 radical (unpaired) electrons. The summed E-state index contributed by atoms with van der Waals surface area (Å²) in [6.45, 7) is 8.48. The van der Waals surface area contributed by atoms with Gasteiger partial charge >= 0.3 is 0 Å². The van der Waals surface area contributed by atoms with Crippen molar-refractivity contribution in [3.8, 4) is 0 Å². The van der Waals surface area contributed by atoms with E-state index in [-0.39, 0.29) is 0 Å². The normalized spacial score (nSPS) is 31.2. The first-order chi connectivity index (χ1) is 6.39. The number of rotatable bonds is 5. The monoisotopic (exact) mass is 197 g/mol. The number of nitrogens with one attached hydrogen (secondary N) is 1. The van der Waals surface area contributed by atoms with Crippen LogP contribution in [0.25, 0.3) is 0 Å². The topological polar surface area (TPSA) is 29.1 Å². The van der Waals surface area contributed by atoms with Gasteiger partial charge in [-0.25, -0.2) is 0 Å². The van der Waals surface area contributed by atoms with Gasteiger partial charge in [-0.2, -0.15) is 0 Å². The zero-order valence-corrected chi connectivity index (χ0v) is 10.1. The van der Waals surface area contributed by atoms with Gasteiger partial charge in [0.25, 0.3) is 0 Å². The molecule has 0 aromatic carbocycles. The number of hydrogen-bond donors (Lipinski definition) is 1. The van der Waals surface area contributed by atoms with Crippen LogP contribution < -0.4 is 5.32 Å². The fourth-order valence-electron chi connectivity index (χ4n) is 2.54. The molecule has 1 aliphatic rings. The van der Waals surface area contributed by atoms with E-state index >= 15 is 0 Å². The van der Waals surface area contributed by atoms with Gasteiger partial charge in [-0.05, 0) is 44.6 Å². The van der Waals surface area contributed by atoms with E-state index in [1.54, 1.807) is 6.92 Å². The Kier molecular flexibility index (Phi) is 3.36. The number of hydrogen-bond acceptors (Lipinski definition) is 2. The van der Waals surface area contributed by atoms with Gasteiger partial charge in [0.2, 0.25) is 0 Å².